The van der Waals surface area contributed by atoms with Gasteiger partial charge in [-0.2, -0.15) is 0 Å². The first-order valence-corrected chi connectivity index (χ1v) is 7.74. The minimum atomic E-state index is -1.02. The van der Waals surface area contributed by atoms with Crippen molar-refractivity contribution in [1.82, 2.24) is 0 Å². The molecule has 24 heavy (non-hydrogen) atoms. The molecular weight excluding hydrogens is 306 g/mol. The number of carbonyl (C=O) groups excluding carboxylic acids is 1. The van der Waals surface area contributed by atoms with Crippen LogP contribution in [0, 0.1) is 6.92 Å². The number of carboxylic acids is 1. The molecule has 0 fully saturated rings. The average Bonchev–Trinajstić information content (AvgIpc) is 2.55. The molecule has 0 radical (unpaired) electrons. The molecule has 1 amide bonds. The number of nitrogens with zero attached hydrogens (tertiary/aromatic N) is 1. The Morgan fingerprint density at radius 3 is 2.33 bits per heavy atom. The maximum atomic E-state index is 12.5. The van der Waals surface area contributed by atoms with Gasteiger partial charge in [0.25, 0.3) is 0 Å². The van der Waals surface area contributed by atoms with E-state index in [4.69, 9.17) is 4.74 Å². The summed E-state index contributed by atoms with van der Waals surface area (Å²) < 4.78 is 5.40. The van der Waals surface area contributed by atoms with Crippen LogP contribution in [0.1, 0.15) is 35.3 Å². The lowest BCUT2D eigenvalue weighted by molar-refractivity contribution is 0.0696. The number of ether oxygens (including phenoxy) is 1. The molecule has 1 N–H and O–H groups in total. The van der Waals surface area contributed by atoms with Crippen LogP contribution in [0.4, 0.5) is 10.5 Å². The van der Waals surface area contributed by atoms with Crippen LogP contribution >= 0.6 is 0 Å². The van der Waals surface area contributed by atoms with Gasteiger partial charge in [-0.15, -0.1) is 0 Å². The lowest BCUT2D eigenvalue weighted by atomic mass is 10.1. The van der Waals surface area contributed by atoms with Crippen molar-refractivity contribution in [3.8, 4) is 0 Å². The number of hydrogen-bond acceptors (Lipinski definition) is 3. The summed E-state index contributed by atoms with van der Waals surface area (Å²) >= 11 is 0. The van der Waals surface area contributed by atoms with E-state index in [0.717, 1.165) is 5.56 Å². The zero-order chi connectivity index (χ0) is 17.7. The van der Waals surface area contributed by atoms with Gasteiger partial charge in [0.15, 0.2) is 0 Å². The monoisotopic (exact) mass is 327 g/mol. The standard InChI is InChI=1S/C19H21NO4/c1-13(2)20(17-11-7-10-16(14(17)3)18(21)22)19(23)24-12-15-8-5-4-6-9-15/h4-11,13H,12H2,1-3H3,(H,21,22). The van der Waals surface area contributed by atoms with Gasteiger partial charge in [0.1, 0.15) is 6.61 Å². The highest BCUT2D eigenvalue weighted by molar-refractivity contribution is 5.95. The number of rotatable bonds is 5. The van der Waals surface area contributed by atoms with E-state index in [0.29, 0.717) is 11.3 Å². The lowest BCUT2D eigenvalue weighted by Gasteiger charge is -2.28. The minimum Gasteiger partial charge on any atom is -0.478 e. The molecule has 0 aliphatic rings. The molecule has 126 valence electrons. The summed E-state index contributed by atoms with van der Waals surface area (Å²) in [5.74, 6) is -1.02. The van der Waals surface area contributed by atoms with Gasteiger partial charge >= 0.3 is 12.1 Å². The number of carboxylic acid groups (broad SMARTS) is 1. The lowest BCUT2D eigenvalue weighted by Crippen LogP contribution is -2.38. The van der Waals surface area contributed by atoms with Gasteiger partial charge in [0.2, 0.25) is 0 Å². The number of amides is 1. The molecule has 5 nitrogen and oxygen atoms in total. The number of benzene rings is 2. The van der Waals surface area contributed by atoms with Crippen molar-refractivity contribution >= 4 is 17.7 Å². The molecule has 0 saturated heterocycles. The largest absolute Gasteiger partial charge is 0.478 e. The first-order chi connectivity index (χ1) is 11.4. The quantitative estimate of drug-likeness (QED) is 0.891. The van der Waals surface area contributed by atoms with Crippen LogP contribution in [-0.4, -0.2) is 23.2 Å². The molecular formula is C19H21NO4. The molecule has 0 atom stereocenters. The second-order valence-electron chi connectivity index (χ2n) is 5.76. The molecule has 2 rings (SSSR count). The van der Waals surface area contributed by atoms with Crippen molar-refractivity contribution in [2.24, 2.45) is 0 Å². The van der Waals surface area contributed by atoms with Gasteiger partial charge in [0, 0.05) is 6.04 Å². The highest BCUT2D eigenvalue weighted by Crippen LogP contribution is 2.26. The highest BCUT2D eigenvalue weighted by Gasteiger charge is 2.24. The van der Waals surface area contributed by atoms with Crippen molar-refractivity contribution in [1.29, 1.82) is 0 Å². The van der Waals surface area contributed by atoms with Crippen LogP contribution < -0.4 is 4.90 Å². The predicted octanol–water partition coefficient (Wildman–Crippen LogP) is 4.24. The third kappa shape index (κ3) is 3.93. The molecule has 0 saturated carbocycles. The Morgan fingerprint density at radius 2 is 1.75 bits per heavy atom. The van der Waals surface area contributed by atoms with Gasteiger partial charge in [-0.25, -0.2) is 9.59 Å². The van der Waals surface area contributed by atoms with Gasteiger partial charge in [0.05, 0.1) is 11.3 Å². The second-order valence-corrected chi connectivity index (χ2v) is 5.76. The molecule has 0 spiro atoms. The summed E-state index contributed by atoms with van der Waals surface area (Å²) in [6.07, 6.45) is -0.500. The Morgan fingerprint density at radius 1 is 1.08 bits per heavy atom. The van der Waals surface area contributed by atoms with Gasteiger partial charge in [-0.1, -0.05) is 36.4 Å². The second kappa shape index (κ2) is 7.64. The van der Waals surface area contributed by atoms with E-state index >= 15 is 0 Å². The topological polar surface area (TPSA) is 66.8 Å². The molecule has 0 unspecified atom stereocenters. The Balaban J connectivity index is 2.25. The van der Waals surface area contributed by atoms with E-state index in [2.05, 4.69) is 0 Å². The minimum absolute atomic E-state index is 0.167. The Labute approximate surface area is 141 Å². The summed E-state index contributed by atoms with van der Waals surface area (Å²) in [5.41, 5.74) is 2.15. The van der Waals surface area contributed by atoms with E-state index < -0.39 is 12.1 Å². The number of anilines is 1. The molecule has 0 aliphatic heterocycles. The summed E-state index contributed by atoms with van der Waals surface area (Å²) in [5, 5.41) is 9.27. The molecule has 5 heteroatoms. The fourth-order valence-corrected chi connectivity index (χ4v) is 2.49. The van der Waals surface area contributed by atoms with E-state index in [9.17, 15) is 14.7 Å². The maximum Gasteiger partial charge on any atom is 0.414 e. The van der Waals surface area contributed by atoms with Crippen molar-refractivity contribution in [3.05, 3.63) is 65.2 Å². The molecule has 2 aromatic rings. The van der Waals surface area contributed by atoms with E-state index in [1.54, 1.807) is 19.1 Å². The van der Waals surface area contributed by atoms with Crippen LogP contribution in [0.5, 0.6) is 0 Å². The Kier molecular flexibility index (Phi) is 5.58. The SMILES string of the molecule is Cc1c(C(=O)O)cccc1N(C(=O)OCc1ccccc1)C(C)C. The maximum absolute atomic E-state index is 12.5. The number of carbonyl (C=O) groups is 2. The molecule has 2 aromatic carbocycles. The van der Waals surface area contributed by atoms with E-state index in [1.165, 1.54) is 11.0 Å². The first kappa shape index (κ1) is 17.5. The van der Waals surface area contributed by atoms with Crippen molar-refractivity contribution < 1.29 is 19.4 Å². The van der Waals surface area contributed by atoms with Crippen molar-refractivity contribution in [2.45, 2.75) is 33.4 Å². The van der Waals surface area contributed by atoms with Crippen molar-refractivity contribution in [3.63, 3.8) is 0 Å². The van der Waals surface area contributed by atoms with Gasteiger partial charge in [-0.3, -0.25) is 4.90 Å². The van der Waals surface area contributed by atoms with Crippen LogP contribution in [-0.2, 0) is 11.3 Å². The fraction of sp³-hybridized carbons (Fsp3) is 0.263. The Hall–Kier alpha value is -2.82. The summed E-state index contributed by atoms with van der Waals surface area (Å²) in [6, 6.07) is 14.1. The van der Waals surface area contributed by atoms with Crippen molar-refractivity contribution in [2.75, 3.05) is 4.90 Å². The number of hydrogen-bond donors (Lipinski definition) is 1. The summed E-state index contributed by atoms with van der Waals surface area (Å²) in [4.78, 5) is 25.3. The predicted molar refractivity (Wildman–Crippen MR) is 92.4 cm³/mol. The average molecular weight is 327 g/mol. The molecule has 0 heterocycles. The van der Waals surface area contributed by atoms with Gasteiger partial charge in [-0.05, 0) is 44.0 Å². The van der Waals surface area contributed by atoms with Crippen LogP contribution in [0.25, 0.3) is 0 Å². The van der Waals surface area contributed by atoms with Crippen LogP contribution in [0.15, 0.2) is 48.5 Å². The fourth-order valence-electron chi connectivity index (χ4n) is 2.49. The third-order valence-corrected chi connectivity index (χ3v) is 3.71. The molecule has 0 aliphatic carbocycles. The Bertz CT molecular complexity index is 725. The highest BCUT2D eigenvalue weighted by atomic mass is 16.6. The summed E-state index contributed by atoms with van der Waals surface area (Å²) in [6.45, 7) is 5.58. The summed E-state index contributed by atoms with van der Waals surface area (Å²) in [7, 11) is 0. The normalized spacial score (nSPS) is 10.5. The number of aromatic carboxylic acids is 1. The molecule has 0 bridgehead atoms. The smallest absolute Gasteiger partial charge is 0.414 e. The van der Waals surface area contributed by atoms with Crippen LogP contribution in [0.2, 0.25) is 0 Å². The van der Waals surface area contributed by atoms with Gasteiger partial charge < -0.3 is 9.84 Å². The third-order valence-electron chi connectivity index (χ3n) is 3.71. The van der Waals surface area contributed by atoms with E-state index in [1.807, 2.05) is 44.2 Å². The zero-order valence-corrected chi connectivity index (χ0v) is 14.0. The molecule has 0 aromatic heterocycles. The van der Waals surface area contributed by atoms with E-state index in [-0.39, 0.29) is 18.2 Å². The zero-order valence-electron chi connectivity index (χ0n) is 14.0. The first-order valence-electron chi connectivity index (χ1n) is 7.74. The van der Waals surface area contributed by atoms with Crippen LogP contribution in [0.3, 0.4) is 0 Å².